The van der Waals surface area contributed by atoms with Crippen LogP contribution in [0.3, 0.4) is 0 Å². The van der Waals surface area contributed by atoms with Crippen LogP contribution in [0.2, 0.25) is 0 Å². The number of ether oxygens (including phenoxy) is 1. The number of hydrogen-bond donors (Lipinski definition) is 1. The van der Waals surface area contributed by atoms with Gasteiger partial charge in [0.25, 0.3) is 0 Å². The van der Waals surface area contributed by atoms with Gasteiger partial charge in [-0.3, -0.25) is 4.90 Å². The Morgan fingerprint density at radius 1 is 1.14 bits per heavy atom. The highest BCUT2D eigenvalue weighted by Crippen LogP contribution is 2.33. The van der Waals surface area contributed by atoms with Crippen LogP contribution in [0.4, 0.5) is 0 Å². The molecule has 3 unspecified atom stereocenters. The maximum Gasteiger partial charge on any atom is 0.0707 e. The first kappa shape index (κ1) is 9.13. The quantitative estimate of drug-likeness (QED) is 0.718. The zero-order valence-electron chi connectivity index (χ0n) is 8.69. The van der Waals surface area contributed by atoms with E-state index in [0.717, 1.165) is 25.6 Å². The Labute approximate surface area is 85.6 Å². The van der Waals surface area contributed by atoms with Crippen LogP contribution in [0.25, 0.3) is 0 Å². The smallest absolute Gasteiger partial charge is 0.0707 e. The van der Waals surface area contributed by atoms with Crippen molar-refractivity contribution in [1.29, 1.82) is 0 Å². The first-order valence-corrected chi connectivity index (χ1v) is 5.94. The van der Waals surface area contributed by atoms with Gasteiger partial charge in [0, 0.05) is 25.7 Å². The van der Waals surface area contributed by atoms with E-state index in [2.05, 4.69) is 4.90 Å². The molecule has 3 heteroatoms. The van der Waals surface area contributed by atoms with Crippen molar-refractivity contribution < 1.29 is 4.74 Å². The van der Waals surface area contributed by atoms with Crippen LogP contribution in [-0.2, 0) is 4.74 Å². The Morgan fingerprint density at radius 3 is 2.36 bits per heavy atom. The minimum atomic E-state index is 0.424. The lowest BCUT2D eigenvalue weighted by Crippen LogP contribution is -2.48. The summed E-state index contributed by atoms with van der Waals surface area (Å²) in [7, 11) is 0. The summed E-state index contributed by atoms with van der Waals surface area (Å²) in [5.74, 6) is 0.829. The summed E-state index contributed by atoms with van der Waals surface area (Å²) >= 11 is 0. The molecule has 3 rings (SSSR count). The second-order valence-electron chi connectivity index (χ2n) is 5.18. The van der Waals surface area contributed by atoms with Gasteiger partial charge in [-0.05, 0) is 31.6 Å². The molecule has 2 heterocycles. The Bertz CT molecular complexity index is 205. The number of nitrogens with zero attached hydrogens (tertiary/aromatic N) is 1. The molecule has 2 N–H and O–H groups in total. The van der Waals surface area contributed by atoms with E-state index >= 15 is 0 Å². The second kappa shape index (κ2) is 3.47. The third-order valence-electron chi connectivity index (χ3n) is 3.82. The van der Waals surface area contributed by atoms with Crippen molar-refractivity contribution in [2.24, 2.45) is 11.7 Å². The van der Waals surface area contributed by atoms with Crippen molar-refractivity contribution in [2.45, 2.75) is 43.9 Å². The van der Waals surface area contributed by atoms with Gasteiger partial charge in [-0.15, -0.1) is 0 Å². The van der Waals surface area contributed by atoms with Crippen LogP contribution in [0.5, 0.6) is 0 Å². The summed E-state index contributed by atoms with van der Waals surface area (Å²) in [6.07, 6.45) is 6.27. The molecule has 3 aliphatic rings. The predicted octanol–water partition coefficient (Wildman–Crippen LogP) is 0.587. The SMILES string of the molecule is NC(CN1CC2CCC(C1)O2)C1CC1. The highest BCUT2D eigenvalue weighted by atomic mass is 16.5. The second-order valence-corrected chi connectivity index (χ2v) is 5.18. The Hall–Kier alpha value is -0.120. The monoisotopic (exact) mass is 196 g/mol. The highest BCUT2D eigenvalue weighted by molar-refractivity contribution is 4.90. The van der Waals surface area contributed by atoms with Crippen molar-refractivity contribution >= 4 is 0 Å². The summed E-state index contributed by atoms with van der Waals surface area (Å²) in [5.41, 5.74) is 6.14. The van der Waals surface area contributed by atoms with Gasteiger partial charge in [-0.1, -0.05) is 0 Å². The molecule has 0 aromatic rings. The molecular weight excluding hydrogens is 176 g/mol. The van der Waals surface area contributed by atoms with Gasteiger partial charge in [0.05, 0.1) is 12.2 Å². The summed E-state index contributed by atoms with van der Waals surface area (Å²) < 4.78 is 5.80. The summed E-state index contributed by atoms with van der Waals surface area (Å²) in [6, 6.07) is 0.424. The molecule has 14 heavy (non-hydrogen) atoms. The fourth-order valence-electron chi connectivity index (χ4n) is 2.82. The van der Waals surface area contributed by atoms with E-state index in [0.29, 0.717) is 18.2 Å². The zero-order chi connectivity index (χ0) is 9.54. The maximum atomic E-state index is 6.14. The van der Waals surface area contributed by atoms with E-state index in [1.807, 2.05) is 0 Å². The summed E-state index contributed by atoms with van der Waals surface area (Å²) in [4.78, 5) is 2.52. The molecule has 2 saturated heterocycles. The molecule has 2 aliphatic heterocycles. The van der Waals surface area contributed by atoms with Crippen LogP contribution in [0, 0.1) is 5.92 Å². The molecule has 0 aromatic heterocycles. The standard InChI is InChI=1S/C11H20N2O/c12-11(8-1-2-8)7-13-5-9-3-4-10(6-13)14-9/h8-11H,1-7,12H2. The molecule has 80 valence electrons. The lowest BCUT2D eigenvalue weighted by atomic mass is 10.1. The topological polar surface area (TPSA) is 38.5 Å². The van der Waals surface area contributed by atoms with E-state index < -0.39 is 0 Å². The van der Waals surface area contributed by atoms with Crippen LogP contribution in [-0.4, -0.2) is 42.8 Å². The molecule has 1 saturated carbocycles. The van der Waals surface area contributed by atoms with Crippen LogP contribution < -0.4 is 5.73 Å². The average molecular weight is 196 g/mol. The van der Waals surface area contributed by atoms with Crippen molar-refractivity contribution in [2.75, 3.05) is 19.6 Å². The number of rotatable bonds is 3. The Morgan fingerprint density at radius 2 is 1.79 bits per heavy atom. The van der Waals surface area contributed by atoms with Gasteiger partial charge >= 0.3 is 0 Å². The van der Waals surface area contributed by atoms with Gasteiger partial charge in [0.1, 0.15) is 0 Å². The fourth-order valence-corrected chi connectivity index (χ4v) is 2.82. The van der Waals surface area contributed by atoms with Gasteiger partial charge in [0.15, 0.2) is 0 Å². The Kier molecular flexibility index (Phi) is 2.26. The van der Waals surface area contributed by atoms with Crippen LogP contribution >= 0.6 is 0 Å². The molecule has 3 atom stereocenters. The molecule has 3 fully saturated rings. The van der Waals surface area contributed by atoms with Gasteiger partial charge < -0.3 is 10.5 Å². The highest BCUT2D eigenvalue weighted by Gasteiger charge is 2.36. The van der Waals surface area contributed by atoms with Crippen molar-refractivity contribution in [1.82, 2.24) is 4.90 Å². The molecule has 0 spiro atoms. The minimum absolute atomic E-state index is 0.424. The first-order valence-electron chi connectivity index (χ1n) is 5.94. The van der Waals surface area contributed by atoms with Crippen molar-refractivity contribution in [3.05, 3.63) is 0 Å². The third-order valence-corrected chi connectivity index (χ3v) is 3.82. The van der Waals surface area contributed by atoms with Crippen molar-refractivity contribution in [3.63, 3.8) is 0 Å². The van der Waals surface area contributed by atoms with Crippen LogP contribution in [0.15, 0.2) is 0 Å². The molecule has 0 aromatic carbocycles. The maximum absolute atomic E-state index is 6.14. The van der Waals surface area contributed by atoms with Gasteiger partial charge in [-0.2, -0.15) is 0 Å². The molecule has 1 aliphatic carbocycles. The molecular formula is C11H20N2O. The first-order chi connectivity index (χ1) is 6.81. The minimum Gasteiger partial charge on any atom is -0.372 e. The van der Waals surface area contributed by atoms with Crippen molar-refractivity contribution in [3.8, 4) is 0 Å². The normalized spacial score (nSPS) is 40.1. The average Bonchev–Trinajstić information content (AvgIpc) is 2.94. The zero-order valence-corrected chi connectivity index (χ0v) is 8.69. The van der Waals surface area contributed by atoms with E-state index in [1.54, 1.807) is 0 Å². The fraction of sp³-hybridized carbons (Fsp3) is 1.00. The van der Waals surface area contributed by atoms with E-state index in [1.165, 1.54) is 25.7 Å². The number of morpholine rings is 1. The third kappa shape index (κ3) is 1.81. The summed E-state index contributed by atoms with van der Waals surface area (Å²) in [5, 5.41) is 0. The predicted molar refractivity (Wildman–Crippen MR) is 55.0 cm³/mol. The van der Waals surface area contributed by atoms with E-state index in [9.17, 15) is 0 Å². The molecule has 0 amide bonds. The molecule has 2 bridgehead atoms. The van der Waals surface area contributed by atoms with E-state index in [-0.39, 0.29) is 0 Å². The number of nitrogens with two attached hydrogens (primary N) is 1. The number of hydrogen-bond acceptors (Lipinski definition) is 3. The van der Waals surface area contributed by atoms with Gasteiger partial charge in [-0.25, -0.2) is 0 Å². The number of fused-ring (bicyclic) bond motifs is 2. The number of likely N-dealkylation sites (tertiary alicyclic amines) is 1. The van der Waals surface area contributed by atoms with Crippen LogP contribution in [0.1, 0.15) is 25.7 Å². The largest absolute Gasteiger partial charge is 0.372 e. The lowest BCUT2D eigenvalue weighted by Gasteiger charge is -2.33. The molecule has 3 nitrogen and oxygen atoms in total. The summed E-state index contributed by atoms with van der Waals surface area (Å²) in [6.45, 7) is 3.34. The van der Waals surface area contributed by atoms with E-state index in [4.69, 9.17) is 10.5 Å². The molecule has 0 radical (unpaired) electrons. The lowest BCUT2D eigenvalue weighted by molar-refractivity contribution is -0.0401. The van der Waals surface area contributed by atoms with Gasteiger partial charge in [0.2, 0.25) is 0 Å². The Balaban J connectivity index is 1.52.